The van der Waals surface area contributed by atoms with Crippen molar-refractivity contribution < 1.29 is 19.0 Å². The van der Waals surface area contributed by atoms with E-state index in [-0.39, 0.29) is 28.1 Å². The Hall–Kier alpha value is -2.91. The van der Waals surface area contributed by atoms with Gasteiger partial charge < -0.3 is 19.7 Å². The summed E-state index contributed by atoms with van der Waals surface area (Å²) in [6.07, 6.45) is 1.35. The second-order valence-corrected chi connectivity index (χ2v) is 8.44. The quantitative estimate of drug-likeness (QED) is 0.523. The number of aryl methyl sites for hydroxylation is 2. The number of H-pyrrole nitrogens is 1. The molecule has 3 N–H and O–H groups in total. The lowest BCUT2D eigenvalue weighted by molar-refractivity contribution is 0.0659. The van der Waals surface area contributed by atoms with Crippen LogP contribution in [0.15, 0.2) is 18.3 Å². The fraction of sp³-hybridized carbons (Fsp3) is 0.381. The number of halogens is 2. The monoisotopic (exact) mass is 449 g/mol. The van der Waals surface area contributed by atoms with Gasteiger partial charge in [-0.3, -0.25) is 9.89 Å². The molecule has 0 unspecified atom stereocenters. The lowest BCUT2D eigenvalue weighted by Gasteiger charge is -2.16. The molecule has 2 aromatic heterocycles. The Bertz CT molecular complexity index is 1110. The number of ether oxygens (including phenoxy) is 1. The lowest BCUT2D eigenvalue weighted by Crippen LogP contribution is -2.20. The number of aromatic nitrogens is 4. The summed E-state index contributed by atoms with van der Waals surface area (Å²) in [5, 5.41) is 19.5. The van der Waals surface area contributed by atoms with E-state index in [1.807, 2.05) is 0 Å². The minimum atomic E-state index is -1.21. The normalized spacial score (nSPS) is 11.8. The van der Waals surface area contributed by atoms with Crippen LogP contribution in [0, 0.1) is 12.7 Å². The molecule has 2 heterocycles. The Balaban J connectivity index is 2.06. The number of nitrogens with one attached hydrogen (secondary N) is 2. The second-order valence-electron chi connectivity index (χ2n) is 8.08. The topological polar surface area (TPSA) is 105 Å². The van der Waals surface area contributed by atoms with E-state index in [0.717, 1.165) is 6.07 Å². The molecule has 1 amide bonds. The van der Waals surface area contributed by atoms with Crippen molar-refractivity contribution in [2.45, 2.75) is 46.3 Å². The van der Waals surface area contributed by atoms with Crippen molar-refractivity contribution in [3.05, 3.63) is 46.4 Å². The summed E-state index contributed by atoms with van der Waals surface area (Å²) < 4.78 is 22.5. The van der Waals surface area contributed by atoms with Gasteiger partial charge >= 0.3 is 0 Å². The van der Waals surface area contributed by atoms with Crippen LogP contribution in [0.25, 0.3) is 11.3 Å². The van der Waals surface area contributed by atoms with Crippen molar-refractivity contribution in [2.24, 2.45) is 7.05 Å². The summed E-state index contributed by atoms with van der Waals surface area (Å²) in [7, 11) is 1.71. The van der Waals surface area contributed by atoms with E-state index in [0.29, 0.717) is 22.9 Å². The smallest absolute Gasteiger partial charge is 0.259 e. The van der Waals surface area contributed by atoms with Crippen LogP contribution in [0.5, 0.6) is 5.75 Å². The maximum absolute atomic E-state index is 15.1. The minimum absolute atomic E-state index is 0.00487. The van der Waals surface area contributed by atoms with Gasteiger partial charge in [0, 0.05) is 18.8 Å². The van der Waals surface area contributed by atoms with Gasteiger partial charge in [0.25, 0.3) is 5.91 Å². The first-order chi connectivity index (χ1) is 14.4. The summed E-state index contributed by atoms with van der Waals surface area (Å²) in [6, 6.07) is 2.54. The van der Waals surface area contributed by atoms with E-state index >= 15 is 4.39 Å². The van der Waals surface area contributed by atoms with E-state index in [1.54, 1.807) is 52.4 Å². The van der Waals surface area contributed by atoms with Gasteiger partial charge in [-0.15, -0.1) is 0 Å². The van der Waals surface area contributed by atoms with Gasteiger partial charge in [-0.25, -0.2) is 9.37 Å². The fourth-order valence-corrected chi connectivity index (χ4v) is 3.40. The van der Waals surface area contributed by atoms with E-state index in [1.165, 1.54) is 6.07 Å². The zero-order chi connectivity index (χ0) is 23.1. The molecule has 0 saturated heterocycles. The molecule has 0 aliphatic carbocycles. The van der Waals surface area contributed by atoms with E-state index in [4.69, 9.17) is 16.3 Å². The van der Waals surface area contributed by atoms with Crippen LogP contribution in [-0.2, 0) is 12.6 Å². The maximum atomic E-state index is 15.1. The highest BCUT2D eigenvalue weighted by Gasteiger charge is 2.26. The first-order valence-electron chi connectivity index (χ1n) is 9.67. The van der Waals surface area contributed by atoms with Gasteiger partial charge in [0.2, 0.25) is 0 Å². The van der Waals surface area contributed by atoms with Crippen LogP contribution in [-0.4, -0.2) is 36.9 Å². The lowest BCUT2D eigenvalue weighted by atomic mass is 10.1. The summed E-state index contributed by atoms with van der Waals surface area (Å²) >= 11 is 6.00. The van der Waals surface area contributed by atoms with Gasteiger partial charge in [0.15, 0.2) is 5.15 Å². The summed E-state index contributed by atoms with van der Waals surface area (Å²) in [6.45, 7) is 8.49. The van der Waals surface area contributed by atoms with Crippen molar-refractivity contribution in [1.82, 2.24) is 19.7 Å². The number of hydrogen-bond acceptors (Lipinski definition) is 5. The molecule has 31 heavy (non-hydrogen) atoms. The number of hydrogen-bond donors (Lipinski definition) is 3. The molecule has 0 fully saturated rings. The van der Waals surface area contributed by atoms with Crippen LogP contribution >= 0.6 is 11.6 Å². The van der Waals surface area contributed by atoms with Crippen LogP contribution in [0.2, 0.25) is 5.15 Å². The largest absolute Gasteiger partial charge is 0.490 e. The minimum Gasteiger partial charge on any atom is -0.490 e. The first kappa shape index (κ1) is 22.8. The molecule has 3 rings (SSSR count). The number of aromatic amines is 1. The van der Waals surface area contributed by atoms with E-state index in [2.05, 4.69) is 20.5 Å². The van der Waals surface area contributed by atoms with Crippen molar-refractivity contribution in [2.75, 3.05) is 5.32 Å². The molecule has 3 aromatic rings. The number of rotatable bonds is 6. The number of benzene rings is 1. The van der Waals surface area contributed by atoms with E-state index in [9.17, 15) is 9.90 Å². The molecule has 8 nitrogen and oxygen atoms in total. The molecule has 0 bridgehead atoms. The number of amides is 1. The highest BCUT2D eigenvalue weighted by atomic mass is 35.5. The third-order valence-corrected chi connectivity index (χ3v) is 4.79. The highest BCUT2D eigenvalue weighted by molar-refractivity contribution is 6.33. The molecule has 0 saturated carbocycles. The number of nitrogens with zero attached hydrogens (tertiary/aromatic N) is 3. The van der Waals surface area contributed by atoms with Crippen LogP contribution in [0.3, 0.4) is 0 Å². The Labute approximate surface area is 184 Å². The summed E-state index contributed by atoms with van der Waals surface area (Å²) in [4.78, 5) is 17.3. The van der Waals surface area contributed by atoms with Crippen molar-refractivity contribution in [1.29, 1.82) is 0 Å². The van der Waals surface area contributed by atoms with E-state index < -0.39 is 17.3 Å². The average molecular weight is 450 g/mol. The molecule has 10 heteroatoms. The number of carbonyl (C=O) groups excluding carboxylic acids is 1. The molecule has 1 aromatic carbocycles. The second kappa shape index (κ2) is 8.32. The van der Waals surface area contributed by atoms with Gasteiger partial charge in [-0.05, 0) is 46.8 Å². The molecule has 0 aliphatic heterocycles. The Morgan fingerprint density at radius 2 is 2.06 bits per heavy atom. The Morgan fingerprint density at radius 3 is 2.58 bits per heavy atom. The van der Waals surface area contributed by atoms with Gasteiger partial charge in [-0.1, -0.05) is 11.6 Å². The third kappa shape index (κ3) is 4.72. The average Bonchev–Trinajstić information content (AvgIpc) is 3.19. The molecule has 0 spiro atoms. The molecular weight excluding hydrogens is 425 g/mol. The predicted molar refractivity (Wildman–Crippen MR) is 116 cm³/mol. The zero-order valence-electron chi connectivity index (χ0n) is 18.2. The standard InChI is InChI=1S/C21H25ClFN5O3/c1-10(2)31-16-8-12(15-9-28(6)20(24-15)21(4,5)30)14(23)7-13(16)19(29)25-17-11(3)26-27-18(17)22/h7-10,30H,1-6H3,(H,25,29)(H,26,27). The number of aliphatic hydroxyl groups is 1. The van der Waals surface area contributed by atoms with Crippen LogP contribution in [0.4, 0.5) is 10.1 Å². The molecule has 0 aliphatic rings. The Morgan fingerprint density at radius 1 is 1.39 bits per heavy atom. The van der Waals surface area contributed by atoms with Crippen LogP contribution < -0.4 is 10.1 Å². The van der Waals surface area contributed by atoms with Crippen molar-refractivity contribution >= 4 is 23.2 Å². The molecule has 0 radical (unpaired) electrons. The van der Waals surface area contributed by atoms with Crippen molar-refractivity contribution in [3.63, 3.8) is 0 Å². The fourth-order valence-electron chi connectivity index (χ4n) is 3.17. The van der Waals surface area contributed by atoms with Crippen molar-refractivity contribution in [3.8, 4) is 17.0 Å². The third-order valence-electron chi connectivity index (χ3n) is 4.52. The zero-order valence-corrected chi connectivity index (χ0v) is 18.9. The maximum Gasteiger partial charge on any atom is 0.259 e. The molecular formula is C21H25ClFN5O3. The van der Waals surface area contributed by atoms with Gasteiger partial charge in [0.1, 0.15) is 28.7 Å². The van der Waals surface area contributed by atoms with Gasteiger partial charge in [-0.2, -0.15) is 5.10 Å². The first-order valence-corrected chi connectivity index (χ1v) is 10.0. The van der Waals surface area contributed by atoms with Gasteiger partial charge in [0.05, 0.1) is 23.1 Å². The highest BCUT2D eigenvalue weighted by Crippen LogP contribution is 2.33. The summed E-state index contributed by atoms with van der Waals surface area (Å²) in [5.74, 6) is -0.681. The number of imidazole rings is 1. The van der Waals surface area contributed by atoms with Crippen LogP contribution in [0.1, 0.15) is 49.6 Å². The summed E-state index contributed by atoms with van der Waals surface area (Å²) in [5.41, 5.74) is 0.135. The number of anilines is 1. The SMILES string of the molecule is Cc1[nH]nc(Cl)c1NC(=O)c1cc(F)c(-c2cn(C)c(C(C)(C)O)n2)cc1OC(C)C. The number of carbonyl (C=O) groups is 1. The molecule has 166 valence electrons. The predicted octanol–water partition coefficient (Wildman–Crippen LogP) is 4.18. The Kier molecular flexibility index (Phi) is 6.11. The molecule has 0 atom stereocenters.